The molecule has 0 radical (unpaired) electrons. The van der Waals surface area contributed by atoms with Crippen molar-refractivity contribution in [2.45, 2.75) is 45.4 Å². The highest BCUT2D eigenvalue weighted by atomic mass is 127. The summed E-state index contributed by atoms with van der Waals surface area (Å²) in [5.74, 6) is 1.28. The van der Waals surface area contributed by atoms with E-state index in [1.807, 2.05) is 10.7 Å². The Kier molecular flexibility index (Phi) is 6.25. The fraction of sp³-hybridized carbons (Fsp3) is 0.478. The van der Waals surface area contributed by atoms with E-state index in [1.165, 1.54) is 11.3 Å². The number of aliphatic imine (C=N–C) groups is 1. The van der Waals surface area contributed by atoms with E-state index in [0.717, 1.165) is 46.3 Å². The largest absolute Gasteiger partial charge is 0.390 e. The Balaban J connectivity index is 1.26. The maximum atomic E-state index is 10.1. The van der Waals surface area contributed by atoms with Crippen molar-refractivity contribution in [2.24, 2.45) is 16.1 Å². The normalized spacial score (nSPS) is 20.6. The average molecular weight is 619 g/mol. The number of ether oxygens (including phenoxy) is 1. The number of rotatable bonds is 5. The van der Waals surface area contributed by atoms with Crippen LogP contribution in [0, 0.1) is 9.12 Å². The number of amidine groups is 1. The van der Waals surface area contributed by atoms with Crippen LogP contribution in [0.25, 0.3) is 21.5 Å². The minimum atomic E-state index is -0.265. The lowest BCUT2D eigenvalue weighted by molar-refractivity contribution is 0.0496. The van der Waals surface area contributed by atoms with E-state index in [1.54, 1.807) is 11.7 Å². The van der Waals surface area contributed by atoms with E-state index < -0.39 is 0 Å². The maximum Gasteiger partial charge on any atom is 0.182 e. The van der Waals surface area contributed by atoms with Crippen molar-refractivity contribution in [3.05, 3.63) is 27.2 Å². The molecule has 2 saturated heterocycles. The molecule has 1 atom stereocenters. The van der Waals surface area contributed by atoms with Gasteiger partial charge in [0, 0.05) is 25.1 Å². The van der Waals surface area contributed by atoms with Gasteiger partial charge in [0.15, 0.2) is 21.4 Å². The van der Waals surface area contributed by atoms with Crippen molar-refractivity contribution in [1.82, 2.24) is 29.7 Å². The minimum absolute atomic E-state index is 0.128. The molecule has 13 heteroatoms. The highest BCUT2D eigenvalue weighted by molar-refractivity contribution is 14.1. The number of nitrogens with zero attached hydrogens (tertiary/aromatic N) is 8. The molecule has 4 aromatic heterocycles. The number of anilines is 1. The van der Waals surface area contributed by atoms with Crippen LogP contribution in [0.4, 0.5) is 11.5 Å². The van der Waals surface area contributed by atoms with Gasteiger partial charge in [-0.25, -0.2) is 29.6 Å². The number of hydrogen-bond donors (Lipinski definition) is 2. The Morgan fingerprint density at radius 3 is 2.92 bits per heavy atom. The van der Waals surface area contributed by atoms with Crippen LogP contribution in [0.3, 0.4) is 0 Å². The number of nitrogens with two attached hydrogens (primary N) is 1. The molecule has 1 unspecified atom stereocenters. The summed E-state index contributed by atoms with van der Waals surface area (Å²) in [7, 11) is 0. The van der Waals surface area contributed by atoms with Gasteiger partial charge in [-0.2, -0.15) is 5.10 Å². The van der Waals surface area contributed by atoms with Crippen molar-refractivity contribution in [2.75, 3.05) is 24.6 Å². The van der Waals surface area contributed by atoms with E-state index >= 15 is 0 Å². The predicted molar refractivity (Wildman–Crippen MR) is 146 cm³/mol. The number of pyridine rings is 1. The number of hydrogen-bond acceptors (Lipinski definition) is 10. The van der Waals surface area contributed by atoms with Gasteiger partial charge >= 0.3 is 0 Å². The number of fused-ring (bicyclic) bond motifs is 2. The van der Waals surface area contributed by atoms with Crippen molar-refractivity contribution in [3.8, 4) is 0 Å². The lowest BCUT2D eigenvalue weighted by Crippen LogP contribution is -2.46. The summed E-state index contributed by atoms with van der Waals surface area (Å²) < 4.78 is 8.45. The highest BCUT2D eigenvalue weighted by Gasteiger charge is 2.35. The molecule has 36 heavy (non-hydrogen) atoms. The van der Waals surface area contributed by atoms with Crippen LogP contribution in [0.15, 0.2) is 22.8 Å². The number of aliphatic hydroxyl groups excluding tert-OH is 1. The molecule has 3 N–H and O–H groups in total. The van der Waals surface area contributed by atoms with Gasteiger partial charge in [0.05, 0.1) is 24.0 Å². The van der Waals surface area contributed by atoms with Crippen LogP contribution in [0.5, 0.6) is 0 Å². The van der Waals surface area contributed by atoms with E-state index in [0.29, 0.717) is 47.3 Å². The van der Waals surface area contributed by atoms with Crippen LogP contribution >= 0.6 is 33.9 Å². The van der Waals surface area contributed by atoms with Crippen molar-refractivity contribution >= 4 is 72.8 Å². The molecule has 2 aliphatic heterocycles. The van der Waals surface area contributed by atoms with Gasteiger partial charge in [0.1, 0.15) is 27.4 Å². The number of piperidine rings is 1. The van der Waals surface area contributed by atoms with Gasteiger partial charge in [-0.05, 0) is 54.3 Å². The summed E-state index contributed by atoms with van der Waals surface area (Å²) in [6.45, 7) is 4.11. The molecular weight excluding hydrogens is 593 g/mol. The Labute approximate surface area is 225 Å². The van der Waals surface area contributed by atoms with Crippen LogP contribution in [0.2, 0.25) is 0 Å². The molecule has 4 aromatic rings. The third-order valence-electron chi connectivity index (χ3n) is 7.07. The zero-order valence-electron chi connectivity index (χ0n) is 19.8. The molecule has 0 bridgehead atoms. The van der Waals surface area contributed by atoms with Gasteiger partial charge in [-0.1, -0.05) is 6.92 Å². The average Bonchev–Trinajstić information content (AvgIpc) is 3.64. The third kappa shape index (κ3) is 4.21. The lowest BCUT2D eigenvalue weighted by atomic mass is 9.79. The molecule has 2 aliphatic rings. The molecule has 0 aromatic carbocycles. The molecule has 0 aliphatic carbocycles. The van der Waals surface area contributed by atoms with Crippen molar-refractivity contribution in [1.29, 1.82) is 0 Å². The van der Waals surface area contributed by atoms with Gasteiger partial charge in [0.25, 0.3) is 0 Å². The SMILES string of the molecule is CC1(C(N)=Nc2cnc3scnc3c2)CCN(c2nc3c(nc2CO)c(I)nn3C2CCCO2)CC1. The van der Waals surface area contributed by atoms with E-state index in [2.05, 4.69) is 49.5 Å². The van der Waals surface area contributed by atoms with E-state index in [9.17, 15) is 5.11 Å². The first-order chi connectivity index (χ1) is 17.4. The van der Waals surface area contributed by atoms with Crippen molar-refractivity contribution in [3.63, 3.8) is 0 Å². The fourth-order valence-electron chi connectivity index (χ4n) is 4.80. The zero-order chi connectivity index (χ0) is 24.9. The monoisotopic (exact) mass is 619 g/mol. The maximum absolute atomic E-state index is 10.1. The molecule has 2 fully saturated rings. The third-order valence-corrected chi connectivity index (χ3v) is 8.55. The smallest absolute Gasteiger partial charge is 0.182 e. The summed E-state index contributed by atoms with van der Waals surface area (Å²) >= 11 is 3.67. The summed E-state index contributed by atoms with van der Waals surface area (Å²) in [5, 5.41) is 14.7. The quantitative estimate of drug-likeness (QED) is 0.195. The van der Waals surface area contributed by atoms with Crippen molar-refractivity contribution < 1.29 is 9.84 Å². The first kappa shape index (κ1) is 23.9. The Bertz CT molecular complexity index is 1450. The van der Waals surface area contributed by atoms with Gasteiger partial charge in [0.2, 0.25) is 0 Å². The topological polar surface area (TPSA) is 140 Å². The second-order valence-corrected chi connectivity index (χ2v) is 11.3. The molecule has 11 nitrogen and oxygen atoms in total. The summed E-state index contributed by atoms with van der Waals surface area (Å²) in [5.41, 5.74) is 11.5. The summed E-state index contributed by atoms with van der Waals surface area (Å²) in [6, 6.07) is 1.92. The lowest BCUT2D eigenvalue weighted by Gasteiger charge is -2.39. The Hall–Kier alpha value is -2.49. The van der Waals surface area contributed by atoms with E-state index in [-0.39, 0.29) is 18.2 Å². The van der Waals surface area contributed by atoms with Crippen LogP contribution in [-0.4, -0.2) is 60.4 Å². The standard InChI is InChI=1S/C23H26IN9O2S/c1-23(22(25)28-13-9-14-21(26-10-13)36-12-27-14)4-6-32(7-5-23)19-15(11-34)29-17-18(24)31-33(20(17)30-19)16-3-2-8-35-16/h9-10,12,16,34H,2-8,11H2,1H3,(H2,25,28). The van der Waals surface area contributed by atoms with Gasteiger partial charge in [-0.3, -0.25) is 0 Å². The summed E-state index contributed by atoms with van der Waals surface area (Å²) in [6.07, 6.45) is 5.10. The number of aliphatic hydroxyl groups is 1. The second kappa shape index (κ2) is 9.43. The number of halogens is 1. The first-order valence-electron chi connectivity index (χ1n) is 11.9. The highest BCUT2D eigenvalue weighted by Crippen LogP contribution is 2.36. The van der Waals surface area contributed by atoms with Crippen LogP contribution < -0.4 is 10.6 Å². The molecule has 6 heterocycles. The molecule has 188 valence electrons. The van der Waals surface area contributed by atoms with Crippen LogP contribution in [-0.2, 0) is 11.3 Å². The first-order valence-corrected chi connectivity index (χ1v) is 13.9. The molecule has 0 amide bonds. The zero-order valence-corrected chi connectivity index (χ0v) is 22.7. The van der Waals surface area contributed by atoms with Crippen LogP contribution in [0.1, 0.15) is 44.5 Å². The molecular formula is C23H26IN9O2S. The van der Waals surface area contributed by atoms with Gasteiger partial charge < -0.3 is 20.5 Å². The molecule has 6 rings (SSSR count). The molecule has 0 spiro atoms. The Morgan fingerprint density at radius 1 is 1.33 bits per heavy atom. The Morgan fingerprint density at radius 2 is 2.17 bits per heavy atom. The molecule has 0 saturated carbocycles. The predicted octanol–water partition coefficient (Wildman–Crippen LogP) is 3.53. The van der Waals surface area contributed by atoms with E-state index in [4.69, 9.17) is 25.4 Å². The number of thiazole rings is 1. The fourth-order valence-corrected chi connectivity index (χ4v) is 6.01. The number of aromatic nitrogens is 6. The van der Waals surface area contributed by atoms with Gasteiger partial charge in [-0.15, -0.1) is 11.3 Å². The summed E-state index contributed by atoms with van der Waals surface area (Å²) in [4.78, 5) is 26.2. The minimum Gasteiger partial charge on any atom is -0.390 e. The second-order valence-electron chi connectivity index (χ2n) is 9.44.